The first-order valence-corrected chi connectivity index (χ1v) is 8.86. The number of ether oxygens (including phenoxy) is 3. The molecule has 0 bridgehead atoms. The van der Waals surface area contributed by atoms with Crippen molar-refractivity contribution in [3.63, 3.8) is 0 Å². The molecule has 0 atom stereocenters. The molecule has 28 heavy (non-hydrogen) atoms. The lowest BCUT2D eigenvalue weighted by molar-refractivity contribution is 0.102. The summed E-state index contributed by atoms with van der Waals surface area (Å²) in [6.07, 6.45) is 0.682. The van der Waals surface area contributed by atoms with Crippen LogP contribution in [0.3, 0.4) is 0 Å². The molecular formula is C21H23N3O4. The number of aromatic nitrogens is 2. The fourth-order valence-electron chi connectivity index (χ4n) is 2.97. The third-order valence-corrected chi connectivity index (χ3v) is 4.44. The summed E-state index contributed by atoms with van der Waals surface area (Å²) < 4.78 is 16.0. The number of aryl methyl sites for hydroxylation is 1. The lowest BCUT2D eigenvalue weighted by atomic mass is 10.1. The first-order chi connectivity index (χ1) is 13.6. The number of H-pyrrole nitrogens is 1. The first kappa shape index (κ1) is 19.3. The van der Waals surface area contributed by atoms with Crippen molar-refractivity contribution in [3.05, 3.63) is 53.7 Å². The number of benzene rings is 2. The van der Waals surface area contributed by atoms with Gasteiger partial charge in [0.2, 0.25) is 0 Å². The average Bonchev–Trinajstić information content (AvgIpc) is 3.15. The first-order valence-electron chi connectivity index (χ1n) is 8.86. The average molecular weight is 381 g/mol. The van der Waals surface area contributed by atoms with Crippen molar-refractivity contribution in [2.75, 3.05) is 26.6 Å². The predicted octanol–water partition coefficient (Wildman–Crippen LogP) is 3.92. The van der Waals surface area contributed by atoms with Gasteiger partial charge in [0.05, 0.1) is 38.3 Å². The minimum absolute atomic E-state index is 0.268. The fraction of sp³-hybridized carbons (Fsp3) is 0.238. The highest BCUT2D eigenvalue weighted by molar-refractivity contribution is 6.08. The molecule has 1 amide bonds. The van der Waals surface area contributed by atoms with Gasteiger partial charge >= 0.3 is 0 Å². The largest absolute Gasteiger partial charge is 0.496 e. The number of aromatic amines is 1. The van der Waals surface area contributed by atoms with E-state index >= 15 is 0 Å². The number of carbonyl (C=O) groups excluding carboxylic acids is 1. The van der Waals surface area contributed by atoms with Crippen LogP contribution >= 0.6 is 0 Å². The van der Waals surface area contributed by atoms with Gasteiger partial charge < -0.3 is 19.5 Å². The fourth-order valence-corrected chi connectivity index (χ4v) is 2.97. The molecule has 0 spiro atoms. The van der Waals surface area contributed by atoms with E-state index in [1.165, 1.54) is 7.11 Å². The molecule has 0 aliphatic heterocycles. The van der Waals surface area contributed by atoms with Gasteiger partial charge in [-0.15, -0.1) is 0 Å². The van der Waals surface area contributed by atoms with Crippen LogP contribution in [0.2, 0.25) is 0 Å². The van der Waals surface area contributed by atoms with Gasteiger partial charge in [-0.05, 0) is 36.8 Å². The number of methoxy groups -OCH3 is 3. The number of amides is 1. The molecule has 2 aromatic carbocycles. The molecular weight excluding hydrogens is 358 g/mol. The number of carbonyl (C=O) groups is 1. The van der Waals surface area contributed by atoms with Crippen molar-refractivity contribution in [1.29, 1.82) is 0 Å². The molecule has 0 saturated carbocycles. The molecule has 2 N–H and O–H groups in total. The maximum Gasteiger partial charge on any atom is 0.259 e. The van der Waals surface area contributed by atoms with Crippen LogP contribution in [-0.4, -0.2) is 37.4 Å². The molecule has 1 heterocycles. The number of hydrogen-bond donors (Lipinski definition) is 2. The Labute approximate surface area is 163 Å². The van der Waals surface area contributed by atoms with E-state index in [-0.39, 0.29) is 5.91 Å². The van der Waals surface area contributed by atoms with Crippen molar-refractivity contribution in [1.82, 2.24) is 10.2 Å². The van der Waals surface area contributed by atoms with E-state index in [1.54, 1.807) is 38.5 Å². The van der Waals surface area contributed by atoms with E-state index in [0.29, 0.717) is 40.6 Å². The van der Waals surface area contributed by atoms with Gasteiger partial charge in [0, 0.05) is 5.56 Å². The summed E-state index contributed by atoms with van der Waals surface area (Å²) >= 11 is 0. The summed E-state index contributed by atoms with van der Waals surface area (Å²) in [5.41, 5.74) is 3.33. The number of nitrogens with zero attached hydrogens (tertiary/aromatic N) is 1. The van der Waals surface area contributed by atoms with E-state index in [4.69, 9.17) is 14.2 Å². The Morgan fingerprint density at radius 2 is 1.71 bits per heavy atom. The Balaban J connectivity index is 2.01. The topological polar surface area (TPSA) is 85.5 Å². The molecule has 146 valence electrons. The molecule has 0 radical (unpaired) electrons. The number of anilines is 1. The lowest BCUT2D eigenvalue weighted by Gasteiger charge is -2.12. The molecule has 0 aliphatic carbocycles. The standard InChI is InChI=1S/C21H23N3O4/c1-5-15-20(22-21(25)14-8-6-7-9-16(14)26-2)19(24-23-15)13-10-11-17(27-3)18(12-13)28-4/h6-12H,5H2,1-4H3,(H,22,25)(H,23,24). The third kappa shape index (κ3) is 3.64. The van der Waals surface area contributed by atoms with Crippen molar-refractivity contribution in [3.8, 4) is 28.5 Å². The van der Waals surface area contributed by atoms with Crippen LogP contribution in [0.1, 0.15) is 23.0 Å². The molecule has 0 unspecified atom stereocenters. The maximum atomic E-state index is 12.9. The maximum absolute atomic E-state index is 12.9. The van der Waals surface area contributed by atoms with E-state index in [0.717, 1.165) is 11.3 Å². The van der Waals surface area contributed by atoms with Gasteiger partial charge in [0.15, 0.2) is 11.5 Å². The highest BCUT2D eigenvalue weighted by Gasteiger charge is 2.20. The third-order valence-electron chi connectivity index (χ3n) is 4.44. The molecule has 3 aromatic rings. The van der Waals surface area contributed by atoms with Crippen LogP contribution < -0.4 is 19.5 Å². The predicted molar refractivity (Wildman–Crippen MR) is 107 cm³/mol. The van der Waals surface area contributed by atoms with Crippen LogP contribution in [0, 0.1) is 0 Å². The molecule has 0 aliphatic rings. The molecule has 0 fully saturated rings. The minimum atomic E-state index is -0.268. The molecule has 3 rings (SSSR count). The van der Waals surface area contributed by atoms with Crippen LogP contribution in [0.5, 0.6) is 17.2 Å². The second-order valence-corrected chi connectivity index (χ2v) is 6.00. The normalized spacial score (nSPS) is 10.4. The summed E-state index contributed by atoms with van der Waals surface area (Å²) in [4.78, 5) is 12.9. The van der Waals surface area contributed by atoms with E-state index < -0.39 is 0 Å². The zero-order valence-corrected chi connectivity index (χ0v) is 16.3. The Morgan fingerprint density at radius 3 is 2.39 bits per heavy atom. The van der Waals surface area contributed by atoms with Crippen molar-refractivity contribution in [2.24, 2.45) is 0 Å². The summed E-state index contributed by atoms with van der Waals surface area (Å²) in [5.74, 6) is 1.45. The van der Waals surface area contributed by atoms with E-state index in [1.807, 2.05) is 25.1 Å². The van der Waals surface area contributed by atoms with Crippen LogP contribution in [0.4, 0.5) is 5.69 Å². The van der Waals surface area contributed by atoms with Gasteiger partial charge in [-0.2, -0.15) is 5.10 Å². The quantitative estimate of drug-likeness (QED) is 0.648. The van der Waals surface area contributed by atoms with Gasteiger partial charge in [0.25, 0.3) is 5.91 Å². The summed E-state index contributed by atoms with van der Waals surface area (Å²) in [6.45, 7) is 1.99. The second kappa shape index (κ2) is 8.47. The minimum Gasteiger partial charge on any atom is -0.496 e. The number of nitrogens with one attached hydrogen (secondary N) is 2. The summed E-state index contributed by atoms with van der Waals surface area (Å²) in [5, 5.41) is 10.4. The van der Waals surface area contributed by atoms with E-state index in [9.17, 15) is 4.79 Å². The Kier molecular flexibility index (Phi) is 5.84. The molecule has 1 aromatic heterocycles. The smallest absolute Gasteiger partial charge is 0.259 e. The number of para-hydroxylation sites is 1. The SMILES string of the molecule is CCc1[nH]nc(-c2ccc(OC)c(OC)c2)c1NC(=O)c1ccccc1OC. The Bertz CT molecular complexity index is 982. The highest BCUT2D eigenvalue weighted by Crippen LogP contribution is 2.36. The highest BCUT2D eigenvalue weighted by atomic mass is 16.5. The van der Waals surface area contributed by atoms with Gasteiger partial charge in [0.1, 0.15) is 11.4 Å². The summed E-state index contributed by atoms with van der Waals surface area (Å²) in [7, 11) is 4.70. The zero-order valence-electron chi connectivity index (χ0n) is 16.3. The van der Waals surface area contributed by atoms with Crippen LogP contribution in [-0.2, 0) is 6.42 Å². The number of rotatable bonds is 7. The lowest BCUT2D eigenvalue weighted by Crippen LogP contribution is -2.14. The van der Waals surface area contributed by atoms with Gasteiger partial charge in [-0.3, -0.25) is 9.89 Å². The molecule has 0 saturated heterocycles. The van der Waals surface area contributed by atoms with Gasteiger partial charge in [-0.1, -0.05) is 19.1 Å². The Hall–Kier alpha value is -3.48. The molecule has 7 heteroatoms. The Morgan fingerprint density at radius 1 is 1.00 bits per heavy atom. The monoisotopic (exact) mass is 381 g/mol. The van der Waals surface area contributed by atoms with E-state index in [2.05, 4.69) is 15.5 Å². The summed E-state index contributed by atoms with van der Waals surface area (Å²) in [6, 6.07) is 12.6. The van der Waals surface area contributed by atoms with Gasteiger partial charge in [-0.25, -0.2) is 0 Å². The van der Waals surface area contributed by atoms with Crippen molar-refractivity contribution >= 4 is 11.6 Å². The second-order valence-electron chi connectivity index (χ2n) is 6.00. The van der Waals surface area contributed by atoms with Crippen molar-refractivity contribution < 1.29 is 19.0 Å². The number of hydrogen-bond acceptors (Lipinski definition) is 5. The van der Waals surface area contributed by atoms with Crippen molar-refractivity contribution in [2.45, 2.75) is 13.3 Å². The van der Waals surface area contributed by atoms with Crippen LogP contribution in [0.15, 0.2) is 42.5 Å². The van der Waals surface area contributed by atoms with Crippen LogP contribution in [0.25, 0.3) is 11.3 Å². The zero-order chi connectivity index (χ0) is 20.1. The molecule has 7 nitrogen and oxygen atoms in total.